The zero-order chi connectivity index (χ0) is 15.3. The predicted octanol–water partition coefficient (Wildman–Crippen LogP) is 2.27. The summed E-state index contributed by atoms with van der Waals surface area (Å²) in [5, 5.41) is 11.8. The molecular formula is C15H25N3O2. The van der Waals surface area contributed by atoms with Crippen molar-refractivity contribution in [3.63, 3.8) is 0 Å². The van der Waals surface area contributed by atoms with Crippen LogP contribution in [0.25, 0.3) is 0 Å². The van der Waals surface area contributed by atoms with E-state index in [2.05, 4.69) is 37.9 Å². The number of hydrogen-bond donors (Lipinski definition) is 2. The average molecular weight is 279 g/mol. The largest absolute Gasteiger partial charge is 0.496 e. The van der Waals surface area contributed by atoms with Crippen LogP contribution in [0, 0.1) is 5.41 Å². The van der Waals surface area contributed by atoms with E-state index in [9.17, 15) is 0 Å². The Labute approximate surface area is 121 Å². The first-order chi connectivity index (χ1) is 9.26. The van der Waals surface area contributed by atoms with Crippen molar-refractivity contribution in [2.75, 3.05) is 20.7 Å². The zero-order valence-electron chi connectivity index (χ0n) is 13.0. The number of ether oxygens (including phenoxy) is 1. The summed E-state index contributed by atoms with van der Waals surface area (Å²) in [6, 6.07) is 5.70. The van der Waals surface area contributed by atoms with Crippen LogP contribution in [0.3, 0.4) is 0 Å². The lowest BCUT2D eigenvalue weighted by Crippen LogP contribution is -2.28. The topological polar surface area (TPSA) is 71.1 Å². The third kappa shape index (κ3) is 4.74. The van der Waals surface area contributed by atoms with Crippen molar-refractivity contribution in [1.82, 2.24) is 4.90 Å². The van der Waals surface area contributed by atoms with E-state index in [-0.39, 0.29) is 11.3 Å². The van der Waals surface area contributed by atoms with Gasteiger partial charge < -0.3 is 20.6 Å². The molecule has 0 saturated carbocycles. The summed E-state index contributed by atoms with van der Waals surface area (Å²) in [6.45, 7) is 8.46. The number of hydrogen-bond acceptors (Lipinski definition) is 4. The van der Waals surface area contributed by atoms with E-state index in [0.717, 1.165) is 18.7 Å². The summed E-state index contributed by atoms with van der Waals surface area (Å²) in [4.78, 5) is 2.26. The first-order valence-electron chi connectivity index (χ1n) is 6.60. The van der Waals surface area contributed by atoms with Crippen LogP contribution >= 0.6 is 0 Å². The van der Waals surface area contributed by atoms with Gasteiger partial charge in [0.05, 0.1) is 12.7 Å². The minimum absolute atomic E-state index is 0.0523. The van der Waals surface area contributed by atoms with Gasteiger partial charge in [-0.3, -0.25) is 0 Å². The Hall–Kier alpha value is -1.75. The second kappa shape index (κ2) is 6.61. The molecule has 0 aliphatic rings. The van der Waals surface area contributed by atoms with Gasteiger partial charge in [-0.15, -0.1) is 0 Å². The first-order valence-corrected chi connectivity index (χ1v) is 6.60. The fourth-order valence-corrected chi connectivity index (χ4v) is 2.28. The Morgan fingerprint density at radius 1 is 1.40 bits per heavy atom. The lowest BCUT2D eigenvalue weighted by atomic mass is 9.96. The Kier molecular flexibility index (Phi) is 5.39. The number of rotatable bonds is 5. The van der Waals surface area contributed by atoms with Gasteiger partial charge in [0.2, 0.25) is 0 Å². The van der Waals surface area contributed by atoms with Gasteiger partial charge in [-0.1, -0.05) is 32.0 Å². The maximum absolute atomic E-state index is 8.75. The molecular weight excluding hydrogens is 254 g/mol. The highest BCUT2D eigenvalue weighted by molar-refractivity contribution is 5.99. The highest BCUT2D eigenvalue weighted by Crippen LogP contribution is 2.22. The second-order valence-corrected chi connectivity index (χ2v) is 6.25. The molecule has 20 heavy (non-hydrogen) atoms. The summed E-state index contributed by atoms with van der Waals surface area (Å²) >= 11 is 0. The molecule has 0 unspecified atom stereocenters. The Morgan fingerprint density at radius 3 is 2.55 bits per heavy atom. The maximum Gasteiger partial charge on any atom is 0.173 e. The van der Waals surface area contributed by atoms with Crippen LogP contribution < -0.4 is 10.5 Å². The van der Waals surface area contributed by atoms with Crippen molar-refractivity contribution in [3.05, 3.63) is 29.3 Å². The molecule has 1 aromatic carbocycles. The average Bonchev–Trinajstić information content (AvgIpc) is 2.35. The number of amidine groups is 1. The first kappa shape index (κ1) is 16.3. The van der Waals surface area contributed by atoms with Crippen molar-refractivity contribution in [2.24, 2.45) is 16.3 Å². The van der Waals surface area contributed by atoms with Crippen LogP contribution in [0.4, 0.5) is 0 Å². The van der Waals surface area contributed by atoms with E-state index in [1.165, 1.54) is 0 Å². The summed E-state index contributed by atoms with van der Waals surface area (Å²) in [5.41, 5.74) is 7.59. The molecule has 3 N–H and O–H groups in total. The Bertz CT molecular complexity index is 478. The van der Waals surface area contributed by atoms with E-state index < -0.39 is 0 Å². The predicted molar refractivity (Wildman–Crippen MR) is 81.3 cm³/mol. The Morgan fingerprint density at radius 2 is 2.05 bits per heavy atom. The molecule has 0 radical (unpaired) electrons. The lowest BCUT2D eigenvalue weighted by molar-refractivity contribution is 0.220. The molecule has 1 rings (SSSR count). The monoisotopic (exact) mass is 279 g/mol. The fraction of sp³-hybridized carbons (Fsp3) is 0.533. The van der Waals surface area contributed by atoms with Gasteiger partial charge in [0.25, 0.3) is 0 Å². The summed E-state index contributed by atoms with van der Waals surface area (Å²) in [5.74, 6) is 0.665. The minimum atomic E-state index is 0.0523. The van der Waals surface area contributed by atoms with Crippen molar-refractivity contribution in [1.29, 1.82) is 0 Å². The number of nitrogens with two attached hydrogens (primary N) is 1. The van der Waals surface area contributed by atoms with Crippen LogP contribution in [0.1, 0.15) is 31.9 Å². The zero-order valence-corrected chi connectivity index (χ0v) is 13.0. The van der Waals surface area contributed by atoms with Gasteiger partial charge in [0.1, 0.15) is 5.75 Å². The molecule has 0 bridgehead atoms. The van der Waals surface area contributed by atoms with Gasteiger partial charge in [0, 0.05) is 13.1 Å². The second-order valence-electron chi connectivity index (χ2n) is 6.25. The van der Waals surface area contributed by atoms with E-state index in [1.807, 2.05) is 18.2 Å². The third-order valence-electron chi connectivity index (χ3n) is 2.85. The van der Waals surface area contributed by atoms with Gasteiger partial charge in [-0.25, -0.2) is 0 Å². The molecule has 5 nitrogen and oxygen atoms in total. The number of methoxy groups -OCH3 is 1. The molecule has 0 amide bonds. The molecule has 0 atom stereocenters. The van der Waals surface area contributed by atoms with Crippen molar-refractivity contribution in [2.45, 2.75) is 27.3 Å². The summed E-state index contributed by atoms with van der Waals surface area (Å²) in [6.07, 6.45) is 0. The highest BCUT2D eigenvalue weighted by Gasteiger charge is 2.15. The highest BCUT2D eigenvalue weighted by atomic mass is 16.5. The van der Waals surface area contributed by atoms with Gasteiger partial charge >= 0.3 is 0 Å². The summed E-state index contributed by atoms with van der Waals surface area (Å²) < 4.78 is 5.30. The fourth-order valence-electron chi connectivity index (χ4n) is 2.28. The van der Waals surface area contributed by atoms with E-state index in [4.69, 9.17) is 15.7 Å². The van der Waals surface area contributed by atoms with E-state index in [1.54, 1.807) is 7.11 Å². The smallest absolute Gasteiger partial charge is 0.173 e. The van der Waals surface area contributed by atoms with Crippen molar-refractivity contribution in [3.8, 4) is 5.75 Å². The normalized spacial score (nSPS) is 12.8. The molecule has 0 aliphatic carbocycles. The lowest BCUT2D eigenvalue weighted by Gasteiger charge is -2.26. The minimum Gasteiger partial charge on any atom is -0.496 e. The number of oxime groups is 1. The molecule has 0 aliphatic heterocycles. The Balaban J connectivity index is 2.88. The standard InChI is InChI=1S/C15H25N3O2/c1-15(2,3)10-18(4)9-11-6-7-12(14(16)17-19)13(8-11)20-5/h6-8,19H,9-10H2,1-5H3,(H2,16,17). The van der Waals surface area contributed by atoms with Crippen LogP contribution in [0.2, 0.25) is 0 Å². The van der Waals surface area contributed by atoms with Crippen LogP contribution in [-0.2, 0) is 6.54 Å². The quantitative estimate of drug-likeness (QED) is 0.375. The van der Waals surface area contributed by atoms with Crippen LogP contribution in [-0.4, -0.2) is 36.6 Å². The molecule has 112 valence electrons. The number of nitrogens with zero attached hydrogens (tertiary/aromatic N) is 2. The third-order valence-corrected chi connectivity index (χ3v) is 2.85. The molecule has 0 saturated heterocycles. The van der Waals surface area contributed by atoms with Gasteiger partial charge in [-0.05, 0) is 30.2 Å². The molecule has 5 heteroatoms. The van der Waals surface area contributed by atoms with Crippen LogP contribution in [0.15, 0.2) is 23.4 Å². The maximum atomic E-state index is 8.75. The van der Waals surface area contributed by atoms with E-state index in [0.29, 0.717) is 11.3 Å². The molecule has 0 spiro atoms. The number of benzene rings is 1. The molecule has 0 aromatic heterocycles. The summed E-state index contributed by atoms with van der Waals surface area (Å²) in [7, 11) is 3.67. The van der Waals surface area contributed by atoms with E-state index >= 15 is 0 Å². The van der Waals surface area contributed by atoms with Crippen molar-refractivity contribution < 1.29 is 9.94 Å². The van der Waals surface area contributed by atoms with Gasteiger partial charge in [-0.2, -0.15) is 0 Å². The molecule has 0 fully saturated rings. The molecule has 0 heterocycles. The van der Waals surface area contributed by atoms with Crippen LogP contribution in [0.5, 0.6) is 5.75 Å². The SMILES string of the molecule is COc1cc(CN(C)CC(C)(C)C)ccc1/C(N)=N/O. The van der Waals surface area contributed by atoms with Crippen molar-refractivity contribution >= 4 is 5.84 Å². The molecule has 1 aromatic rings. The van der Waals surface area contributed by atoms with Gasteiger partial charge in [0.15, 0.2) is 5.84 Å².